The van der Waals surface area contributed by atoms with E-state index in [2.05, 4.69) is 16.0 Å². The van der Waals surface area contributed by atoms with Gasteiger partial charge < -0.3 is 30.3 Å². The van der Waals surface area contributed by atoms with Crippen LogP contribution >= 0.6 is 23.2 Å². The van der Waals surface area contributed by atoms with E-state index in [1.165, 1.54) is 16.2 Å². The van der Waals surface area contributed by atoms with Gasteiger partial charge in [0.2, 0.25) is 11.8 Å². The molecule has 5 aromatic rings. The minimum absolute atomic E-state index is 0.0550. The van der Waals surface area contributed by atoms with Crippen LogP contribution in [0.1, 0.15) is 64.3 Å². The number of ether oxygens (including phenoxy) is 2. The van der Waals surface area contributed by atoms with E-state index in [0.29, 0.717) is 86.1 Å². The number of nitrogens with zero attached hydrogens (tertiary/aromatic N) is 5. The number of hydrogen-bond acceptors (Lipinski definition) is 9. The van der Waals surface area contributed by atoms with Crippen molar-refractivity contribution in [3.63, 3.8) is 0 Å². The third-order valence-corrected chi connectivity index (χ3v) is 12.4. The van der Waals surface area contributed by atoms with Gasteiger partial charge in [-0.25, -0.2) is 14.3 Å². The smallest absolute Gasteiger partial charge is 0.410 e. The highest BCUT2D eigenvalue weighted by Crippen LogP contribution is 2.46. The van der Waals surface area contributed by atoms with E-state index >= 15 is 0 Å². The predicted molar refractivity (Wildman–Crippen MR) is 229 cm³/mol. The molecule has 8 rings (SSSR count). The maximum absolute atomic E-state index is 13.9. The van der Waals surface area contributed by atoms with E-state index in [9.17, 15) is 28.0 Å². The van der Waals surface area contributed by atoms with E-state index in [4.69, 9.17) is 42.8 Å². The second-order valence-electron chi connectivity index (χ2n) is 17.3. The fourth-order valence-corrected chi connectivity index (χ4v) is 9.16. The molecule has 0 unspecified atom stereocenters. The van der Waals surface area contributed by atoms with Gasteiger partial charge in [-0.2, -0.15) is 13.9 Å². The molecule has 5 heterocycles. The number of pyridine rings is 1. The summed E-state index contributed by atoms with van der Waals surface area (Å²) in [5, 5.41) is 14.1. The maximum atomic E-state index is 13.9. The van der Waals surface area contributed by atoms with Gasteiger partial charge in [0, 0.05) is 83.6 Å². The molecule has 3 aliphatic rings. The molecule has 1 spiro atoms. The van der Waals surface area contributed by atoms with Crippen LogP contribution in [0.15, 0.2) is 65.6 Å². The molecular weight excluding hydrogens is 845 g/mol. The summed E-state index contributed by atoms with van der Waals surface area (Å²) in [6, 6.07) is 16.1. The number of aromatic nitrogens is 4. The van der Waals surface area contributed by atoms with E-state index in [0.717, 1.165) is 0 Å². The van der Waals surface area contributed by atoms with Crippen LogP contribution < -0.4 is 26.2 Å². The molecule has 62 heavy (non-hydrogen) atoms. The van der Waals surface area contributed by atoms with Crippen LogP contribution in [0.25, 0.3) is 39.0 Å². The number of carbonyl (C=O) groups excluding carboxylic acids is 3. The highest BCUT2D eigenvalue weighted by molar-refractivity contribution is 6.39. The van der Waals surface area contributed by atoms with Gasteiger partial charge in [0.05, 0.1) is 35.9 Å². The standard InChI is InChI=1S/C44H46Cl2F2N8O6/c1-42(2,3)62-41(60)55(22-26-13-15-35(57)50-26)20-24-12-14-32(51-38(24)61-5)31-11-7-10-30(37(31)46)29-9-6-8-28(36(29)45)25-16-33-39(58)54(4)34(53-56(33)21-25)19-49-27-17-43(18-27)23-44(47,48)40(59)52-43/h6-12,14,16,21,26-27,49H,13,15,17-20,22-23H2,1-5H3,(H,50,57)(H,52,59)/t26-,27?,43?/m0/s1. The summed E-state index contributed by atoms with van der Waals surface area (Å²) < 4.78 is 42.1. The first-order valence-corrected chi connectivity index (χ1v) is 21.0. The first kappa shape index (κ1) is 43.1. The van der Waals surface area contributed by atoms with Crippen LogP contribution in [0.2, 0.25) is 10.0 Å². The lowest BCUT2D eigenvalue weighted by molar-refractivity contribution is -0.139. The molecule has 3 fully saturated rings. The number of methoxy groups -OCH3 is 1. The van der Waals surface area contributed by atoms with Gasteiger partial charge in [-0.05, 0) is 58.2 Å². The van der Waals surface area contributed by atoms with Crippen molar-refractivity contribution in [1.29, 1.82) is 0 Å². The second-order valence-corrected chi connectivity index (χ2v) is 18.1. The SMILES string of the molecule is COc1nc(-c2cccc(-c3cccc(-c4cc5c(=O)n(C)c(CNC6CC7(C6)CC(F)(F)C(=O)N7)nn5c4)c3Cl)c2Cl)ccc1CN(C[C@@H]1CCC(=O)N1)C(=O)OC(C)(C)C. The Morgan fingerprint density at radius 2 is 1.69 bits per heavy atom. The molecule has 326 valence electrons. The normalized spacial score (nSPS) is 20.6. The topological polar surface area (TPSA) is 161 Å². The maximum Gasteiger partial charge on any atom is 0.410 e. The van der Waals surface area contributed by atoms with Crippen molar-refractivity contribution in [2.45, 2.75) is 95.1 Å². The summed E-state index contributed by atoms with van der Waals surface area (Å²) >= 11 is 14.3. The first-order chi connectivity index (χ1) is 29.3. The summed E-state index contributed by atoms with van der Waals surface area (Å²) in [6.45, 7) is 5.97. The molecule has 3 amide bonds. The number of amides is 3. The van der Waals surface area contributed by atoms with E-state index < -0.39 is 35.5 Å². The average molecular weight is 892 g/mol. The van der Waals surface area contributed by atoms with Crippen LogP contribution in [0.4, 0.5) is 13.6 Å². The Morgan fingerprint density at radius 3 is 2.32 bits per heavy atom. The third kappa shape index (κ3) is 8.47. The summed E-state index contributed by atoms with van der Waals surface area (Å²) in [5.41, 5.74) is 2.74. The molecule has 2 saturated heterocycles. The zero-order chi connectivity index (χ0) is 44.3. The Kier molecular flexibility index (Phi) is 11.3. The summed E-state index contributed by atoms with van der Waals surface area (Å²) in [4.78, 5) is 56.8. The Labute approximate surface area is 365 Å². The van der Waals surface area contributed by atoms with E-state index in [1.807, 2.05) is 42.5 Å². The quantitative estimate of drug-likeness (QED) is 0.128. The number of nitrogens with one attached hydrogen (secondary N) is 3. The number of halogens is 4. The molecule has 2 aromatic carbocycles. The van der Waals surface area contributed by atoms with E-state index in [1.54, 1.807) is 51.0 Å². The lowest BCUT2D eigenvalue weighted by Crippen LogP contribution is -2.59. The predicted octanol–water partition coefficient (Wildman–Crippen LogP) is 6.91. The zero-order valence-corrected chi connectivity index (χ0v) is 36.3. The van der Waals surface area contributed by atoms with Crippen molar-refractivity contribution in [2.75, 3.05) is 13.7 Å². The Balaban J connectivity index is 1.02. The van der Waals surface area contributed by atoms with Crippen LogP contribution in [-0.2, 0) is 34.5 Å². The molecule has 14 nitrogen and oxygen atoms in total. The van der Waals surface area contributed by atoms with Crippen molar-refractivity contribution < 1.29 is 32.6 Å². The molecule has 1 atom stereocenters. The molecule has 3 aromatic heterocycles. The van der Waals surface area contributed by atoms with Gasteiger partial charge in [0.15, 0.2) is 0 Å². The second kappa shape index (κ2) is 16.3. The highest BCUT2D eigenvalue weighted by Gasteiger charge is 2.60. The number of benzene rings is 2. The number of fused-ring (bicyclic) bond motifs is 1. The monoisotopic (exact) mass is 890 g/mol. The van der Waals surface area contributed by atoms with Gasteiger partial charge in [-0.15, -0.1) is 0 Å². The molecule has 0 radical (unpaired) electrons. The lowest BCUT2D eigenvalue weighted by atomic mass is 9.71. The molecule has 18 heteroatoms. The Hall–Kier alpha value is -5.58. The van der Waals surface area contributed by atoms with Gasteiger partial charge in [-0.1, -0.05) is 59.6 Å². The van der Waals surface area contributed by atoms with Crippen molar-refractivity contribution in [3.8, 4) is 39.4 Å². The van der Waals surface area contributed by atoms with Crippen LogP contribution in [0.5, 0.6) is 5.88 Å². The van der Waals surface area contributed by atoms with E-state index in [-0.39, 0.29) is 49.1 Å². The van der Waals surface area contributed by atoms with Crippen LogP contribution in [0.3, 0.4) is 0 Å². The lowest BCUT2D eigenvalue weighted by Gasteiger charge is -2.45. The van der Waals surface area contributed by atoms with Gasteiger partial charge in [0.1, 0.15) is 16.9 Å². The fraction of sp³-hybridized carbons (Fsp3) is 0.409. The van der Waals surface area contributed by atoms with Crippen LogP contribution in [-0.4, -0.2) is 84.8 Å². The van der Waals surface area contributed by atoms with Crippen LogP contribution in [0, 0.1) is 0 Å². The number of carbonyl (C=O) groups is 3. The highest BCUT2D eigenvalue weighted by atomic mass is 35.5. The van der Waals surface area contributed by atoms with Crippen molar-refractivity contribution in [1.82, 2.24) is 40.0 Å². The minimum Gasteiger partial charge on any atom is -0.481 e. The zero-order valence-electron chi connectivity index (χ0n) is 34.8. The molecule has 0 bridgehead atoms. The number of alkyl halides is 2. The Morgan fingerprint density at radius 1 is 1.02 bits per heavy atom. The number of hydrogen-bond donors (Lipinski definition) is 3. The summed E-state index contributed by atoms with van der Waals surface area (Å²) in [5.74, 6) is -3.92. The van der Waals surface area contributed by atoms with Crippen molar-refractivity contribution in [2.24, 2.45) is 7.05 Å². The minimum atomic E-state index is -3.36. The third-order valence-electron chi connectivity index (χ3n) is 11.6. The fourth-order valence-electron chi connectivity index (χ4n) is 8.50. The van der Waals surface area contributed by atoms with Crippen molar-refractivity contribution >= 4 is 46.6 Å². The molecular formula is C44H46Cl2F2N8O6. The van der Waals surface area contributed by atoms with Gasteiger partial charge in [-0.3, -0.25) is 19.0 Å². The molecule has 3 N–H and O–H groups in total. The number of rotatable bonds is 11. The van der Waals surface area contributed by atoms with Gasteiger partial charge >= 0.3 is 12.0 Å². The Bertz CT molecular complexity index is 2670. The summed E-state index contributed by atoms with van der Waals surface area (Å²) in [7, 11) is 3.12. The first-order valence-electron chi connectivity index (χ1n) is 20.2. The van der Waals surface area contributed by atoms with Crippen molar-refractivity contribution in [3.05, 3.63) is 92.6 Å². The molecule has 1 aliphatic carbocycles. The molecule has 1 saturated carbocycles. The van der Waals surface area contributed by atoms with Gasteiger partial charge in [0.25, 0.3) is 11.5 Å². The summed E-state index contributed by atoms with van der Waals surface area (Å²) in [6.07, 6.45) is 2.41. The average Bonchev–Trinajstić information content (AvgIpc) is 3.89. The molecule has 2 aliphatic heterocycles. The largest absolute Gasteiger partial charge is 0.481 e.